The van der Waals surface area contributed by atoms with Crippen LogP contribution in [-0.2, 0) is 4.79 Å². The highest BCUT2D eigenvalue weighted by molar-refractivity contribution is 6.26. The molecule has 2 saturated carbocycles. The fourth-order valence-electron chi connectivity index (χ4n) is 2.39. The molecule has 0 amide bonds. The molecule has 13 heavy (non-hydrogen) atoms. The van der Waals surface area contributed by atoms with Crippen molar-refractivity contribution in [2.75, 3.05) is 0 Å². The molecule has 0 aliphatic heterocycles. The van der Waals surface area contributed by atoms with E-state index in [-0.39, 0.29) is 5.78 Å². The van der Waals surface area contributed by atoms with Crippen molar-refractivity contribution in [2.45, 2.75) is 32.1 Å². The Labute approximate surface area is 84.2 Å². The monoisotopic (exact) mass is 198 g/mol. The van der Waals surface area contributed by atoms with Gasteiger partial charge >= 0.3 is 0 Å². The molecular formula is C11H15ClO. The minimum atomic E-state index is 0.227. The van der Waals surface area contributed by atoms with Gasteiger partial charge in [0.15, 0.2) is 5.78 Å². The Morgan fingerprint density at radius 2 is 1.92 bits per heavy atom. The van der Waals surface area contributed by atoms with Crippen LogP contribution in [0.1, 0.15) is 32.1 Å². The molecule has 2 rings (SSSR count). The van der Waals surface area contributed by atoms with Crippen molar-refractivity contribution < 1.29 is 4.79 Å². The number of carbonyl (C=O) groups excluding carboxylic acids is 1. The molecule has 2 aliphatic carbocycles. The van der Waals surface area contributed by atoms with Crippen LogP contribution >= 0.6 is 11.6 Å². The molecule has 0 bridgehead atoms. The summed E-state index contributed by atoms with van der Waals surface area (Å²) in [6, 6.07) is 0. The van der Waals surface area contributed by atoms with Crippen LogP contribution in [0.15, 0.2) is 11.6 Å². The van der Waals surface area contributed by atoms with Crippen LogP contribution in [0.5, 0.6) is 0 Å². The first kappa shape index (κ1) is 9.26. The number of halogens is 1. The fourth-order valence-corrected chi connectivity index (χ4v) is 2.51. The number of ketones is 1. The summed E-state index contributed by atoms with van der Waals surface area (Å²) in [5, 5.41) is 0. The van der Waals surface area contributed by atoms with E-state index in [1.54, 1.807) is 0 Å². The van der Waals surface area contributed by atoms with Gasteiger partial charge in [-0.25, -0.2) is 0 Å². The SMILES string of the molecule is O=C(/C=C/Cl)C1CC(C2CCC2)C1. The maximum Gasteiger partial charge on any atom is 0.159 e. The first-order chi connectivity index (χ1) is 6.31. The minimum Gasteiger partial charge on any atom is -0.295 e. The molecule has 0 saturated heterocycles. The Morgan fingerprint density at radius 3 is 2.38 bits per heavy atom. The predicted octanol–water partition coefficient (Wildman–Crippen LogP) is 3.13. The smallest absolute Gasteiger partial charge is 0.159 e. The van der Waals surface area contributed by atoms with E-state index in [2.05, 4.69) is 0 Å². The molecule has 2 fully saturated rings. The summed E-state index contributed by atoms with van der Waals surface area (Å²) >= 11 is 5.36. The van der Waals surface area contributed by atoms with Gasteiger partial charge in [0.05, 0.1) is 0 Å². The zero-order valence-corrected chi connectivity index (χ0v) is 8.46. The second kappa shape index (κ2) is 3.83. The van der Waals surface area contributed by atoms with Crippen LogP contribution in [0.3, 0.4) is 0 Å². The number of carbonyl (C=O) groups is 1. The Hall–Kier alpha value is -0.300. The summed E-state index contributed by atoms with van der Waals surface area (Å²) < 4.78 is 0. The van der Waals surface area contributed by atoms with Gasteiger partial charge in [-0.05, 0) is 30.8 Å². The Morgan fingerprint density at radius 1 is 1.23 bits per heavy atom. The van der Waals surface area contributed by atoms with Gasteiger partial charge in [-0.3, -0.25) is 4.79 Å². The molecule has 0 spiro atoms. The molecule has 2 aliphatic rings. The van der Waals surface area contributed by atoms with Gasteiger partial charge in [0.2, 0.25) is 0 Å². The lowest BCUT2D eigenvalue weighted by Gasteiger charge is -2.43. The molecule has 0 heterocycles. The Bertz CT molecular complexity index is 224. The molecule has 1 nitrogen and oxygen atoms in total. The summed E-state index contributed by atoms with van der Waals surface area (Å²) in [4.78, 5) is 11.3. The van der Waals surface area contributed by atoms with E-state index < -0.39 is 0 Å². The van der Waals surface area contributed by atoms with Gasteiger partial charge in [-0.15, -0.1) is 0 Å². The third-order valence-electron chi connectivity index (χ3n) is 3.62. The summed E-state index contributed by atoms with van der Waals surface area (Å²) in [6.07, 6.45) is 7.94. The topological polar surface area (TPSA) is 17.1 Å². The average molecular weight is 199 g/mol. The number of hydrogen-bond acceptors (Lipinski definition) is 1. The van der Waals surface area contributed by atoms with Gasteiger partial charge in [-0.2, -0.15) is 0 Å². The summed E-state index contributed by atoms with van der Waals surface area (Å²) in [7, 11) is 0. The van der Waals surface area contributed by atoms with Crippen molar-refractivity contribution in [2.24, 2.45) is 17.8 Å². The van der Waals surface area contributed by atoms with Crippen LogP contribution in [-0.4, -0.2) is 5.78 Å². The molecule has 0 aromatic heterocycles. The zero-order valence-electron chi connectivity index (χ0n) is 7.71. The summed E-state index contributed by atoms with van der Waals surface area (Å²) in [5.41, 5.74) is 1.33. The second-order valence-corrected chi connectivity index (χ2v) is 4.57. The zero-order chi connectivity index (χ0) is 9.26. The maximum atomic E-state index is 11.3. The largest absolute Gasteiger partial charge is 0.295 e. The van der Waals surface area contributed by atoms with E-state index in [0.29, 0.717) is 5.92 Å². The molecule has 0 N–H and O–H groups in total. The van der Waals surface area contributed by atoms with E-state index in [9.17, 15) is 4.79 Å². The van der Waals surface area contributed by atoms with Crippen LogP contribution in [0.25, 0.3) is 0 Å². The standard InChI is InChI=1S/C11H15ClO/c12-5-4-11(13)10-6-9(7-10)8-2-1-3-8/h4-5,8-10H,1-3,6-7H2/b5-4+. The third kappa shape index (κ3) is 1.80. The van der Waals surface area contributed by atoms with Crippen molar-refractivity contribution in [3.63, 3.8) is 0 Å². The summed E-state index contributed by atoms with van der Waals surface area (Å²) in [6.45, 7) is 0. The molecule has 72 valence electrons. The third-order valence-corrected chi connectivity index (χ3v) is 3.75. The van der Waals surface area contributed by atoms with Gasteiger partial charge in [0.1, 0.15) is 0 Å². The lowest BCUT2D eigenvalue weighted by atomic mass is 9.61. The van der Waals surface area contributed by atoms with E-state index in [1.807, 2.05) is 0 Å². The maximum absolute atomic E-state index is 11.3. The van der Waals surface area contributed by atoms with Crippen LogP contribution in [0.4, 0.5) is 0 Å². The Kier molecular flexibility index (Phi) is 2.73. The number of rotatable bonds is 3. The Balaban J connectivity index is 1.74. The average Bonchev–Trinajstić information content (AvgIpc) is 1.91. The highest BCUT2D eigenvalue weighted by atomic mass is 35.5. The van der Waals surface area contributed by atoms with E-state index in [4.69, 9.17) is 11.6 Å². The molecule has 0 radical (unpaired) electrons. The second-order valence-electron chi connectivity index (χ2n) is 4.31. The van der Waals surface area contributed by atoms with Gasteiger partial charge < -0.3 is 0 Å². The molecule has 0 atom stereocenters. The van der Waals surface area contributed by atoms with Crippen molar-refractivity contribution in [1.82, 2.24) is 0 Å². The quantitative estimate of drug-likeness (QED) is 0.637. The van der Waals surface area contributed by atoms with Gasteiger partial charge in [0.25, 0.3) is 0 Å². The van der Waals surface area contributed by atoms with E-state index in [1.165, 1.54) is 30.9 Å². The van der Waals surface area contributed by atoms with Crippen molar-refractivity contribution in [1.29, 1.82) is 0 Å². The lowest BCUT2D eigenvalue weighted by molar-refractivity contribution is -0.123. The van der Waals surface area contributed by atoms with Crippen molar-refractivity contribution in [3.8, 4) is 0 Å². The first-order valence-electron chi connectivity index (χ1n) is 5.12. The van der Waals surface area contributed by atoms with Crippen molar-refractivity contribution >= 4 is 17.4 Å². The fraction of sp³-hybridized carbons (Fsp3) is 0.727. The van der Waals surface area contributed by atoms with E-state index >= 15 is 0 Å². The van der Waals surface area contributed by atoms with Gasteiger partial charge in [-0.1, -0.05) is 30.9 Å². The number of hydrogen-bond donors (Lipinski definition) is 0. The van der Waals surface area contributed by atoms with Crippen LogP contribution in [0.2, 0.25) is 0 Å². The highest BCUT2D eigenvalue weighted by Gasteiger charge is 2.39. The molecule has 0 aromatic carbocycles. The van der Waals surface area contributed by atoms with Crippen molar-refractivity contribution in [3.05, 3.63) is 11.6 Å². The summed E-state index contributed by atoms with van der Waals surface area (Å²) in [5.74, 6) is 2.32. The lowest BCUT2D eigenvalue weighted by Crippen LogP contribution is -2.36. The minimum absolute atomic E-state index is 0.227. The van der Waals surface area contributed by atoms with Crippen LogP contribution < -0.4 is 0 Å². The van der Waals surface area contributed by atoms with E-state index in [0.717, 1.165) is 24.7 Å². The molecule has 0 aromatic rings. The molecule has 2 heteroatoms. The normalized spacial score (nSPS) is 34.2. The number of allylic oxidation sites excluding steroid dienone is 1. The molecule has 0 unspecified atom stereocenters. The first-order valence-corrected chi connectivity index (χ1v) is 5.55. The van der Waals surface area contributed by atoms with Gasteiger partial charge in [0, 0.05) is 11.5 Å². The highest BCUT2D eigenvalue weighted by Crippen LogP contribution is 2.47. The van der Waals surface area contributed by atoms with Crippen LogP contribution in [0, 0.1) is 17.8 Å². The molecular weight excluding hydrogens is 184 g/mol. The predicted molar refractivity (Wildman–Crippen MR) is 53.6 cm³/mol.